The summed E-state index contributed by atoms with van der Waals surface area (Å²) in [5.41, 5.74) is 3.08. The van der Waals surface area contributed by atoms with Crippen molar-refractivity contribution < 1.29 is 14.4 Å². The quantitative estimate of drug-likeness (QED) is 0.542. The first-order chi connectivity index (χ1) is 14.5. The number of anilines is 1. The largest absolute Gasteiger partial charge is 0.352 e. The number of nitrogens with zero attached hydrogens (tertiary/aromatic N) is 2. The van der Waals surface area contributed by atoms with E-state index in [0.717, 1.165) is 29.7 Å². The molecule has 0 saturated carbocycles. The molecule has 0 aliphatic carbocycles. The van der Waals surface area contributed by atoms with Gasteiger partial charge in [0.1, 0.15) is 6.04 Å². The highest BCUT2D eigenvalue weighted by Crippen LogP contribution is 2.50. The number of carbonyl (C=O) groups is 3. The second-order valence-electron chi connectivity index (χ2n) is 8.28. The maximum Gasteiger partial charge on any atom is 0.235 e. The Labute approximate surface area is 180 Å². The highest BCUT2D eigenvalue weighted by atomic mass is 32.1. The Hall–Kier alpha value is -2.73. The van der Waals surface area contributed by atoms with Crippen LogP contribution in [0, 0.1) is 11.8 Å². The molecule has 0 spiro atoms. The number of ketones is 1. The lowest BCUT2D eigenvalue weighted by molar-refractivity contribution is -0.140. The van der Waals surface area contributed by atoms with E-state index in [4.69, 9.17) is 0 Å². The number of imide groups is 1. The van der Waals surface area contributed by atoms with E-state index in [-0.39, 0.29) is 23.6 Å². The van der Waals surface area contributed by atoms with Crippen LogP contribution in [0.4, 0.5) is 5.69 Å². The number of carbonyl (C=O) groups excluding carboxylic acids is 3. The molecule has 2 fully saturated rings. The Morgan fingerprint density at radius 3 is 2.57 bits per heavy atom. The van der Waals surface area contributed by atoms with Crippen LogP contribution >= 0.6 is 11.3 Å². The SMILES string of the molecule is CCCCN1C(=O)[C@@H]2[C@H](C1=O)[C@H]1C=C(C)c3ccccc3N1[C@H]2C(=O)c1cccs1. The smallest absolute Gasteiger partial charge is 0.235 e. The first kappa shape index (κ1) is 19.2. The molecule has 0 bridgehead atoms. The summed E-state index contributed by atoms with van der Waals surface area (Å²) in [4.78, 5) is 44.5. The van der Waals surface area contributed by atoms with Crippen molar-refractivity contribution in [2.75, 3.05) is 11.4 Å². The molecule has 5 rings (SSSR count). The van der Waals surface area contributed by atoms with Crippen molar-refractivity contribution in [3.05, 3.63) is 58.3 Å². The van der Waals surface area contributed by atoms with Gasteiger partial charge in [-0.3, -0.25) is 19.3 Å². The molecule has 30 heavy (non-hydrogen) atoms. The van der Waals surface area contributed by atoms with Crippen molar-refractivity contribution in [1.82, 2.24) is 4.90 Å². The molecule has 6 heteroatoms. The predicted molar refractivity (Wildman–Crippen MR) is 117 cm³/mol. The molecule has 0 unspecified atom stereocenters. The summed E-state index contributed by atoms with van der Waals surface area (Å²) in [7, 11) is 0. The number of hydrogen-bond acceptors (Lipinski definition) is 5. The Kier molecular flexibility index (Phi) is 4.62. The summed E-state index contributed by atoms with van der Waals surface area (Å²) in [5, 5.41) is 1.88. The summed E-state index contributed by atoms with van der Waals surface area (Å²) in [5.74, 6) is -1.52. The highest BCUT2D eigenvalue weighted by Gasteiger charge is 2.64. The number of unbranched alkanes of at least 4 members (excludes halogenated alkanes) is 1. The lowest BCUT2D eigenvalue weighted by Crippen LogP contribution is -2.49. The van der Waals surface area contributed by atoms with Crippen LogP contribution in [-0.2, 0) is 9.59 Å². The van der Waals surface area contributed by atoms with Gasteiger partial charge in [-0.1, -0.05) is 43.7 Å². The summed E-state index contributed by atoms with van der Waals surface area (Å²) in [6.07, 6.45) is 3.77. The summed E-state index contributed by atoms with van der Waals surface area (Å²) >= 11 is 1.39. The first-order valence-corrected chi connectivity index (χ1v) is 11.4. The molecule has 5 nitrogen and oxygen atoms in total. The Bertz CT molecular complexity index is 1060. The standard InChI is InChI=1S/C24H24N2O3S/c1-3-4-11-25-23(28)19-17-13-14(2)15-8-5-6-9-16(15)26(17)21(20(19)24(25)29)22(27)18-10-7-12-30-18/h5-10,12-13,17,19-21H,3-4,11H2,1-2H3/t17-,19-,20-,21-/m1/s1. The number of rotatable bonds is 5. The molecule has 3 aliphatic heterocycles. The molecular formula is C24H24N2O3S. The number of para-hydroxylation sites is 1. The maximum atomic E-state index is 13.6. The minimum atomic E-state index is -0.660. The molecule has 4 heterocycles. The van der Waals surface area contributed by atoms with E-state index in [1.165, 1.54) is 16.2 Å². The monoisotopic (exact) mass is 420 g/mol. The van der Waals surface area contributed by atoms with Gasteiger partial charge in [0.05, 0.1) is 22.8 Å². The van der Waals surface area contributed by atoms with Crippen molar-refractivity contribution in [3.63, 3.8) is 0 Å². The third-order valence-electron chi connectivity index (χ3n) is 6.61. The summed E-state index contributed by atoms with van der Waals surface area (Å²) in [6.45, 7) is 4.52. The average molecular weight is 421 g/mol. The molecule has 3 aliphatic rings. The molecule has 4 atom stereocenters. The fraction of sp³-hybridized carbons (Fsp3) is 0.375. The van der Waals surface area contributed by atoms with Crippen molar-refractivity contribution >= 4 is 40.2 Å². The van der Waals surface area contributed by atoms with Crippen LogP contribution in [0.2, 0.25) is 0 Å². The first-order valence-electron chi connectivity index (χ1n) is 10.5. The van der Waals surface area contributed by atoms with Crippen molar-refractivity contribution in [2.24, 2.45) is 11.8 Å². The number of Topliss-reactive ketones (excluding diaryl/α,β-unsaturated/α-hetero) is 1. The normalized spacial score (nSPS) is 27.1. The molecule has 2 amide bonds. The van der Waals surface area contributed by atoms with Crippen molar-refractivity contribution in [2.45, 2.75) is 38.8 Å². The number of allylic oxidation sites excluding steroid dienone is 1. The van der Waals surface area contributed by atoms with Gasteiger partial charge >= 0.3 is 0 Å². The van der Waals surface area contributed by atoms with Gasteiger partial charge in [0.25, 0.3) is 0 Å². The van der Waals surface area contributed by atoms with Crippen LogP contribution in [-0.4, -0.2) is 41.1 Å². The van der Waals surface area contributed by atoms with Gasteiger partial charge in [0, 0.05) is 17.8 Å². The average Bonchev–Trinajstić information content (AvgIpc) is 3.44. The van der Waals surface area contributed by atoms with E-state index in [2.05, 4.69) is 6.08 Å². The van der Waals surface area contributed by atoms with Gasteiger partial charge in [-0.25, -0.2) is 0 Å². The fourth-order valence-corrected chi connectivity index (χ4v) is 5.96. The van der Waals surface area contributed by atoms with Crippen LogP contribution in [0.15, 0.2) is 47.9 Å². The van der Waals surface area contributed by atoms with Gasteiger partial charge in [-0.05, 0) is 36.4 Å². The van der Waals surface area contributed by atoms with Crippen molar-refractivity contribution in [1.29, 1.82) is 0 Å². The Balaban J connectivity index is 1.65. The number of thiophene rings is 1. The van der Waals surface area contributed by atoms with E-state index in [9.17, 15) is 14.4 Å². The second kappa shape index (κ2) is 7.20. The van der Waals surface area contributed by atoms with E-state index < -0.39 is 17.9 Å². The van der Waals surface area contributed by atoms with Gasteiger partial charge in [-0.2, -0.15) is 0 Å². The predicted octanol–water partition coefficient (Wildman–Crippen LogP) is 4.01. The number of likely N-dealkylation sites (tertiary alicyclic amines) is 1. The zero-order chi connectivity index (χ0) is 21.0. The fourth-order valence-electron chi connectivity index (χ4n) is 5.26. The maximum absolute atomic E-state index is 13.6. The van der Waals surface area contributed by atoms with E-state index in [0.29, 0.717) is 11.4 Å². The molecule has 0 N–H and O–H groups in total. The van der Waals surface area contributed by atoms with Gasteiger partial charge < -0.3 is 4.90 Å². The van der Waals surface area contributed by atoms with E-state index in [1.54, 1.807) is 0 Å². The van der Waals surface area contributed by atoms with Crippen LogP contribution < -0.4 is 4.90 Å². The minimum Gasteiger partial charge on any atom is -0.352 e. The van der Waals surface area contributed by atoms with Crippen LogP contribution in [0.3, 0.4) is 0 Å². The number of amides is 2. The van der Waals surface area contributed by atoms with Crippen molar-refractivity contribution in [3.8, 4) is 0 Å². The molecule has 0 radical (unpaired) electrons. The lowest BCUT2D eigenvalue weighted by atomic mass is 9.86. The summed E-state index contributed by atoms with van der Waals surface area (Å²) < 4.78 is 0. The van der Waals surface area contributed by atoms with E-state index >= 15 is 0 Å². The number of hydrogen-bond donors (Lipinski definition) is 0. The highest BCUT2D eigenvalue weighted by molar-refractivity contribution is 7.12. The van der Waals surface area contributed by atoms with Crippen LogP contribution in [0.1, 0.15) is 41.9 Å². The minimum absolute atomic E-state index is 0.0660. The molecular weight excluding hydrogens is 396 g/mol. The second-order valence-corrected chi connectivity index (χ2v) is 9.23. The van der Waals surface area contributed by atoms with Crippen LogP contribution in [0.25, 0.3) is 5.57 Å². The van der Waals surface area contributed by atoms with Gasteiger partial charge in [0.15, 0.2) is 5.78 Å². The summed E-state index contributed by atoms with van der Waals surface area (Å²) in [6, 6.07) is 10.7. The molecule has 1 aromatic carbocycles. The number of fused-ring (bicyclic) bond motifs is 5. The molecule has 2 aromatic rings. The zero-order valence-corrected chi connectivity index (χ0v) is 17.9. The number of benzene rings is 1. The van der Waals surface area contributed by atoms with E-state index in [1.807, 2.05) is 60.5 Å². The Morgan fingerprint density at radius 1 is 1.07 bits per heavy atom. The molecule has 154 valence electrons. The third-order valence-corrected chi connectivity index (χ3v) is 7.50. The lowest BCUT2D eigenvalue weighted by Gasteiger charge is -2.37. The molecule has 1 aromatic heterocycles. The van der Waals surface area contributed by atoms with Crippen LogP contribution in [0.5, 0.6) is 0 Å². The molecule has 2 saturated heterocycles. The topological polar surface area (TPSA) is 57.7 Å². The van der Waals surface area contributed by atoms with Gasteiger partial charge in [0.2, 0.25) is 11.8 Å². The third kappa shape index (κ3) is 2.63. The zero-order valence-electron chi connectivity index (χ0n) is 17.1. The Morgan fingerprint density at radius 2 is 1.83 bits per heavy atom. The van der Waals surface area contributed by atoms with Gasteiger partial charge in [-0.15, -0.1) is 11.3 Å².